The molecule has 2 aliphatic heterocycles. The van der Waals surface area contributed by atoms with Crippen molar-refractivity contribution in [2.75, 3.05) is 12.1 Å². The molecule has 0 saturated carbocycles. The first-order valence-corrected chi connectivity index (χ1v) is 16.4. The van der Waals surface area contributed by atoms with Crippen molar-refractivity contribution in [2.24, 2.45) is 5.41 Å². The van der Waals surface area contributed by atoms with E-state index in [0.717, 1.165) is 16.7 Å². The van der Waals surface area contributed by atoms with Gasteiger partial charge in [0.2, 0.25) is 5.91 Å². The number of rotatable bonds is 8. The zero-order valence-corrected chi connectivity index (χ0v) is 27.9. The Hall–Kier alpha value is -3.26. The van der Waals surface area contributed by atoms with Crippen molar-refractivity contribution < 1.29 is 19.0 Å². The van der Waals surface area contributed by atoms with Gasteiger partial charge in [-0.25, -0.2) is 4.39 Å². The summed E-state index contributed by atoms with van der Waals surface area (Å²) in [6, 6.07) is 29.0. The Kier molecular flexibility index (Phi) is 9.05. The molecule has 1 spiro atoms. The van der Waals surface area contributed by atoms with Crippen LogP contribution in [0.25, 0.3) is 0 Å². The van der Waals surface area contributed by atoms with Gasteiger partial charge in [-0.05, 0) is 59.2 Å². The van der Waals surface area contributed by atoms with Gasteiger partial charge < -0.3 is 15.2 Å². The maximum Gasteiger partial charge on any atom is 0.237 e. The molecule has 0 aromatic heterocycles. The molecule has 2 heterocycles. The lowest BCUT2D eigenvalue weighted by Gasteiger charge is -2.45. The fraction of sp³-hybridized carbons (Fsp3) is 0.342. The molecule has 4 aromatic rings. The van der Waals surface area contributed by atoms with Gasteiger partial charge in [0.15, 0.2) is 0 Å². The van der Waals surface area contributed by atoms with Crippen LogP contribution in [0, 0.1) is 11.2 Å². The SMILES string of the molecule is CC1[C@H](c2cccc(Cl)c2F)[C@@]2(C(=O)Nc3cc(Cl)ccc32)[C@@H](CC(C)(C)C)N1[C@H](c1ccccc1)[C@@H](OCO)c1ccccc1. The van der Waals surface area contributed by atoms with Crippen LogP contribution in [-0.4, -0.2) is 34.8 Å². The third-order valence-electron chi connectivity index (χ3n) is 9.63. The van der Waals surface area contributed by atoms with Crippen LogP contribution in [0.1, 0.15) is 74.4 Å². The summed E-state index contributed by atoms with van der Waals surface area (Å²) >= 11 is 12.9. The third kappa shape index (κ3) is 5.54. The largest absolute Gasteiger partial charge is 0.371 e. The highest BCUT2D eigenvalue weighted by Gasteiger charge is 2.68. The smallest absolute Gasteiger partial charge is 0.237 e. The Balaban J connectivity index is 1.69. The van der Waals surface area contributed by atoms with Crippen molar-refractivity contribution in [2.45, 2.75) is 69.7 Å². The minimum absolute atomic E-state index is 0.00536. The normalized spacial score (nSPS) is 24.2. The highest BCUT2D eigenvalue weighted by molar-refractivity contribution is 6.31. The van der Waals surface area contributed by atoms with E-state index in [-0.39, 0.29) is 16.3 Å². The quantitative estimate of drug-likeness (QED) is 0.185. The van der Waals surface area contributed by atoms with Gasteiger partial charge in [0.1, 0.15) is 24.1 Å². The summed E-state index contributed by atoms with van der Waals surface area (Å²) in [4.78, 5) is 17.2. The second-order valence-corrected chi connectivity index (χ2v) is 14.4. The first kappa shape index (κ1) is 32.7. The lowest BCUT2D eigenvalue weighted by molar-refractivity contribution is -0.124. The van der Waals surface area contributed by atoms with Crippen molar-refractivity contribution in [1.82, 2.24) is 4.90 Å². The fourth-order valence-corrected chi connectivity index (χ4v) is 8.41. The van der Waals surface area contributed by atoms with Gasteiger partial charge in [0.25, 0.3) is 0 Å². The first-order valence-electron chi connectivity index (χ1n) is 15.6. The lowest BCUT2D eigenvalue weighted by atomic mass is 9.62. The number of ether oxygens (including phenoxy) is 1. The van der Waals surface area contributed by atoms with Crippen LogP contribution in [-0.2, 0) is 14.9 Å². The van der Waals surface area contributed by atoms with Crippen LogP contribution in [0.4, 0.5) is 10.1 Å². The molecule has 1 unspecified atom stereocenters. The summed E-state index contributed by atoms with van der Waals surface area (Å²) in [5.41, 5.74) is 2.15. The van der Waals surface area contributed by atoms with Gasteiger partial charge in [0, 0.05) is 28.7 Å². The molecule has 0 bridgehead atoms. The van der Waals surface area contributed by atoms with Crippen LogP contribution < -0.4 is 5.32 Å². The summed E-state index contributed by atoms with van der Waals surface area (Å²) in [5.74, 6) is -1.38. The molecular weight excluding hydrogens is 622 g/mol. The molecule has 4 aromatic carbocycles. The molecule has 6 rings (SSSR count). The number of likely N-dealkylation sites (tertiary alicyclic amines) is 1. The number of amides is 1. The second kappa shape index (κ2) is 12.7. The highest BCUT2D eigenvalue weighted by Crippen LogP contribution is 2.63. The van der Waals surface area contributed by atoms with Gasteiger partial charge in [-0.2, -0.15) is 0 Å². The van der Waals surface area contributed by atoms with E-state index in [1.165, 1.54) is 6.07 Å². The summed E-state index contributed by atoms with van der Waals surface area (Å²) in [6.45, 7) is 8.02. The van der Waals surface area contributed by atoms with Gasteiger partial charge in [-0.1, -0.05) is 123 Å². The molecule has 1 amide bonds. The molecule has 5 nitrogen and oxygen atoms in total. The maximum absolute atomic E-state index is 16.3. The molecule has 0 aliphatic carbocycles. The molecule has 46 heavy (non-hydrogen) atoms. The number of nitrogens with zero attached hydrogens (tertiary/aromatic N) is 1. The lowest BCUT2D eigenvalue weighted by Crippen LogP contribution is -2.52. The molecular formula is C38H39Cl2FN2O3. The van der Waals surface area contributed by atoms with Crippen molar-refractivity contribution >= 4 is 34.8 Å². The third-order valence-corrected chi connectivity index (χ3v) is 10.2. The van der Waals surface area contributed by atoms with Crippen LogP contribution in [0.3, 0.4) is 0 Å². The van der Waals surface area contributed by atoms with Crippen molar-refractivity contribution in [3.05, 3.63) is 135 Å². The summed E-state index contributed by atoms with van der Waals surface area (Å²) in [7, 11) is 0. The number of benzene rings is 4. The van der Waals surface area contributed by atoms with Gasteiger partial charge >= 0.3 is 0 Å². The van der Waals surface area contributed by atoms with E-state index in [1.807, 2.05) is 66.7 Å². The standard InChI is InChI=1S/C38H39Cl2FN2O3/c1-23-32(27-16-11-17-29(40)33(27)41)38(28-19-18-26(39)20-30(28)42-36(38)45)31(21-37(2,3)4)43(23)34(24-12-7-5-8-13-24)35(46-22-44)25-14-9-6-10-15-25/h5-20,23,31-32,34-35,44H,21-22H2,1-4H3,(H,42,45)/t23?,31-,32-,34-,35+,38+/m1/s1. The molecule has 1 fully saturated rings. The van der Waals surface area contributed by atoms with E-state index in [1.54, 1.807) is 24.3 Å². The predicted octanol–water partition coefficient (Wildman–Crippen LogP) is 9.06. The van der Waals surface area contributed by atoms with Crippen LogP contribution in [0.15, 0.2) is 97.1 Å². The number of carbonyl (C=O) groups is 1. The van der Waals surface area contributed by atoms with E-state index in [0.29, 0.717) is 22.7 Å². The average molecular weight is 662 g/mol. The van der Waals surface area contributed by atoms with Crippen molar-refractivity contribution in [3.63, 3.8) is 0 Å². The molecule has 240 valence electrons. The second-order valence-electron chi connectivity index (χ2n) is 13.6. The topological polar surface area (TPSA) is 61.8 Å². The number of carbonyl (C=O) groups excluding carboxylic acids is 1. The van der Waals surface area contributed by atoms with Crippen molar-refractivity contribution in [1.29, 1.82) is 0 Å². The van der Waals surface area contributed by atoms with Crippen LogP contribution in [0.2, 0.25) is 10.0 Å². The van der Waals surface area contributed by atoms with Crippen LogP contribution in [0.5, 0.6) is 0 Å². The highest BCUT2D eigenvalue weighted by atomic mass is 35.5. The number of aliphatic hydroxyl groups is 1. The number of halogens is 3. The summed E-state index contributed by atoms with van der Waals surface area (Å²) in [6.07, 6.45) is -0.0252. The van der Waals surface area contributed by atoms with Gasteiger partial charge in [-0.15, -0.1) is 0 Å². The number of nitrogens with one attached hydrogen (secondary N) is 1. The Morgan fingerprint density at radius 2 is 1.61 bits per heavy atom. The van der Waals surface area contributed by atoms with E-state index in [9.17, 15) is 9.90 Å². The fourth-order valence-electron chi connectivity index (χ4n) is 8.05. The molecule has 2 aliphatic rings. The van der Waals surface area contributed by atoms with Crippen LogP contribution >= 0.6 is 23.2 Å². The van der Waals surface area contributed by atoms with E-state index in [2.05, 4.69) is 37.9 Å². The number of hydrogen-bond acceptors (Lipinski definition) is 4. The predicted molar refractivity (Wildman–Crippen MR) is 182 cm³/mol. The maximum atomic E-state index is 16.3. The number of anilines is 1. The zero-order chi connectivity index (χ0) is 32.8. The van der Waals surface area contributed by atoms with Gasteiger partial charge in [-0.3, -0.25) is 9.69 Å². The van der Waals surface area contributed by atoms with Crippen molar-refractivity contribution in [3.8, 4) is 0 Å². The van der Waals surface area contributed by atoms with E-state index in [4.69, 9.17) is 27.9 Å². The zero-order valence-electron chi connectivity index (χ0n) is 26.4. The molecule has 1 saturated heterocycles. The van der Waals surface area contributed by atoms with E-state index < -0.39 is 48.2 Å². The Morgan fingerprint density at radius 3 is 2.24 bits per heavy atom. The number of aliphatic hydroxyl groups excluding tert-OH is 1. The van der Waals surface area contributed by atoms with E-state index >= 15 is 4.39 Å². The summed E-state index contributed by atoms with van der Waals surface area (Å²) < 4.78 is 22.6. The average Bonchev–Trinajstić information content (AvgIpc) is 3.44. The Morgan fingerprint density at radius 1 is 0.957 bits per heavy atom. The molecule has 6 atom stereocenters. The number of fused-ring (bicyclic) bond motifs is 2. The Bertz CT molecular complexity index is 1710. The minimum Gasteiger partial charge on any atom is -0.371 e. The molecule has 0 radical (unpaired) electrons. The Labute approximate surface area is 280 Å². The first-order chi connectivity index (χ1) is 22.0. The monoisotopic (exact) mass is 660 g/mol. The minimum atomic E-state index is -1.22. The van der Waals surface area contributed by atoms with Gasteiger partial charge in [0.05, 0.1) is 11.1 Å². The number of hydrogen-bond donors (Lipinski definition) is 2. The molecule has 2 N–H and O–H groups in total. The molecule has 8 heteroatoms. The summed E-state index contributed by atoms with van der Waals surface area (Å²) in [5, 5.41) is 13.9.